The Hall–Kier alpha value is -2.64. The van der Waals surface area contributed by atoms with E-state index in [4.69, 9.17) is 0 Å². The van der Waals surface area contributed by atoms with E-state index in [2.05, 4.69) is 110 Å². The maximum absolute atomic E-state index is 2.35. The number of hydrogen-bond acceptors (Lipinski definition) is 0. The van der Waals surface area contributed by atoms with Gasteiger partial charge in [0.25, 0.3) is 0 Å². The van der Waals surface area contributed by atoms with Crippen LogP contribution in [0.3, 0.4) is 0 Å². The topological polar surface area (TPSA) is 0 Å². The van der Waals surface area contributed by atoms with Crippen molar-refractivity contribution in [2.45, 2.75) is 26.6 Å². The lowest BCUT2D eigenvalue weighted by molar-refractivity contribution is -0.919. The highest BCUT2D eigenvalue weighted by Crippen LogP contribution is 2.25. The predicted molar refractivity (Wildman–Crippen MR) is 106 cm³/mol. The Morgan fingerprint density at radius 3 is 1.16 bits per heavy atom. The first-order valence-electron chi connectivity index (χ1n) is 8.91. The minimum absolute atomic E-state index is 0.883. The van der Waals surface area contributed by atoms with Crippen molar-refractivity contribution < 1.29 is 4.48 Å². The van der Waals surface area contributed by atoms with Gasteiger partial charge < -0.3 is 0 Å². The third kappa shape index (κ3) is 4.91. The Kier molecular flexibility index (Phi) is 5.81. The van der Waals surface area contributed by atoms with Crippen LogP contribution in [0.2, 0.25) is 0 Å². The van der Waals surface area contributed by atoms with Crippen LogP contribution in [0.5, 0.6) is 0 Å². The van der Waals surface area contributed by atoms with Gasteiger partial charge in [-0.2, -0.15) is 0 Å². The van der Waals surface area contributed by atoms with Gasteiger partial charge in [-0.25, -0.2) is 0 Å². The molecule has 0 saturated heterocycles. The van der Waals surface area contributed by atoms with E-state index in [1.807, 2.05) is 0 Å². The maximum atomic E-state index is 2.35. The molecule has 0 aliphatic carbocycles. The zero-order valence-corrected chi connectivity index (χ0v) is 14.9. The minimum Gasteiger partial charge on any atom is -0.286 e. The van der Waals surface area contributed by atoms with Crippen molar-refractivity contribution >= 4 is 0 Å². The second kappa shape index (κ2) is 8.46. The van der Waals surface area contributed by atoms with Gasteiger partial charge in [0.2, 0.25) is 0 Å². The molecule has 1 heteroatoms. The van der Waals surface area contributed by atoms with Crippen LogP contribution in [0.15, 0.2) is 103 Å². The van der Waals surface area contributed by atoms with Gasteiger partial charge in [-0.1, -0.05) is 91.0 Å². The summed E-state index contributed by atoms with van der Waals surface area (Å²) in [5.74, 6) is 0. The quantitative estimate of drug-likeness (QED) is 0.471. The molecule has 0 atom stereocenters. The number of benzene rings is 3. The van der Waals surface area contributed by atoms with Gasteiger partial charge in [-0.05, 0) is 13.0 Å². The molecule has 1 nitrogen and oxygen atoms in total. The average molecular weight is 328 g/mol. The van der Waals surface area contributed by atoms with Crippen molar-refractivity contribution in [1.82, 2.24) is 0 Å². The Balaban J connectivity index is 1.97. The molecule has 3 rings (SSSR count). The van der Waals surface area contributed by atoms with Crippen LogP contribution in [0, 0.1) is 0 Å². The van der Waals surface area contributed by atoms with Crippen LogP contribution in [-0.4, -0.2) is 4.48 Å². The molecule has 0 fully saturated rings. The van der Waals surface area contributed by atoms with Crippen LogP contribution in [0.25, 0.3) is 0 Å². The first-order valence-corrected chi connectivity index (χ1v) is 8.91. The first kappa shape index (κ1) is 17.2. The Morgan fingerprint density at radius 1 is 0.560 bits per heavy atom. The number of nitrogens with zero attached hydrogens (tertiary/aromatic N) is 1. The van der Waals surface area contributed by atoms with Gasteiger partial charge in [0.1, 0.15) is 19.6 Å². The van der Waals surface area contributed by atoms with E-state index in [1.165, 1.54) is 16.7 Å². The van der Waals surface area contributed by atoms with E-state index in [0.29, 0.717) is 0 Å². The summed E-state index contributed by atoms with van der Waals surface area (Å²) in [6, 6.07) is 32.4. The van der Waals surface area contributed by atoms with Crippen molar-refractivity contribution in [3.8, 4) is 0 Å². The van der Waals surface area contributed by atoms with Gasteiger partial charge in [0.05, 0.1) is 6.20 Å². The lowest BCUT2D eigenvalue weighted by Crippen LogP contribution is -2.40. The third-order valence-electron chi connectivity index (χ3n) is 4.49. The van der Waals surface area contributed by atoms with E-state index in [1.54, 1.807) is 0 Å². The zero-order chi connectivity index (χ0) is 17.4. The molecule has 0 bridgehead atoms. The van der Waals surface area contributed by atoms with Gasteiger partial charge in [-0.15, -0.1) is 0 Å². The molecular formula is C24H26N+. The predicted octanol–water partition coefficient (Wildman–Crippen LogP) is 5.94. The van der Waals surface area contributed by atoms with E-state index in [0.717, 1.165) is 24.1 Å². The van der Waals surface area contributed by atoms with E-state index in [-0.39, 0.29) is 0 Å². The van der Waals surface area contributed by atoms with Crippen molar-refractivity contribution in [3.63, 3.8) is 0 Å². The van der Waals surface area contributed by atoms with E-state index >= 15 is 0 Å². The third-order valence-corrected chi connectivity index (χ3v) is 4.49. The standard InChI is InChI=1S/C24H26N/c1-2-18-25(19-22-12-6-3-7-13-22,20-23-14-8-4-9-15-23)21-24-16-10-5-11-17-24/h2-18H,19-21H2,1H3/q+1/b18-2-. The fraction of sp³-hybridized carbons (Fsp3) is 0.167. The second-order valence-corrected chi connectivity index (χ2v) is 6.63. The normalized spacial score (nSPS) is 11.7. The zero-order valence-electron chi connectivity index (χ0n) is 14.9. The molecule has 0 aromatic heterocycles. The summed E-state index contributed by atoms with van der Waals surface area (Å²) < 4.78 is 0.883. The van der Waals surface area contributed by atoms with Crippen LogP contribution >= 0.6 is 0 Å². The second-order valence-electron chi connectivity index (χ2n) is 6.63. The minimum atomic E-state index is 0.883. The Bertz CT molecular complexity index is 675. The summed E-state index contributed by atoms with van der Waals surface area (Å²) in [6.45, 7) is 5.06. The SMILES string of the molecule is C/C=C\[N+](Cc1ccccc1)(Cc1ccccc1)Cc1ccccc1. The summed E-state index contributed by atoms with van der Waals surface area (Å²) >= 11 is 0. The summed E-state index contributed by atoms with van der Waals surface area (Å²) in [5.41, 5.74) is 4.10. The number of allylic oxidation sites excluding steroid dienone is 1. The lowest BCUT2D eigenvalue weighted by atomic mass is 10.1. The summed E-state index contributed by atoms with van der Waals surface area (Å²) in [6.07, 6.45) is 4.54. The molecule has 0 heterocycles. The largest absolute Gasteiger partial charge is 0.286 e. The van der Waals surface area contributed by atoms with Gasteiger partial charge >= 0.3 is 0 Å². The molecule has 0 unspecified atom stereocenters. The summed E-state index contributed by atoms with van der Waals surface area (Å²) in [5, 5.41) is 0. The number of rotatable bonds is 7. The molecule has 0 radical (unpaired) electrons. The highest BCUT2D eigenvalue weighted by Gasteiger charge is 2.26. The molecule has 0 aliphatic rings. The monoisotopic (exact) mass is 328 g/mol. The number of hydrogen-bond donors (Lipinski definition) is 0. The maximum Gasteiger partial charge on any atom is 0.109 e. The molecule has 0 amide bonds. The Morgan fingerprint density at radius 2 is 0.880 bits per heavy atom. The first-order chi connectivity index (χ1) is 12.3. The number of quaternary nitrogens is 1. The molecule has 0 spiro atoms. The molecule has 0 aliphatic heterocycles. The Labute approximate surface area is 151 Å². The summed E-state index contributed by atoms with van der Waals surface area (Å²) in [4.78, 5) is 0. The van der Waals surface area contributed by atoms with Crippen LogP contribution in [-0.2, 0) is 19.6 Å². The molecule has 25 heavy (non-hydrogen) atoms. The summed E-state index contributed by atoms with van der Waals surface area (Å²) in [7, 11) is 0. The van der Waals surface area contributed by atoms with Crippen molar-refractivity contribution in [2.75, 3.05) is 0 Å². The average Bonchev–Trinajstić information content (AvgIpc) is 2.64. The molecule has 3 aromatic carbocycles. The molecule has 3 aromatic rings. The van der Waals surface area contributed by atoms with Crippen LogP contribution in [0.4, 0.5) is 0 Å². The van der Waals surface area contributed by atoms with Gasteiger partial charge in [0, 0.05) is 16.7 Å². The highest BCUT2D eigenvalue weighted by atomic mass is 15.3. The fourth-order valence-corrected chi connectivity index (χ4v) is 3.48. The van der Waals surface area contributed by atoms with Crippen molar-refractivity contribution in [1.29, 1.82) is 0 Å². The highest BCUT2D eigenvalue weighted by molar-refractivity contribution is 5.17. The molecule has 0 N–H and O–H groups in total. The van der Waals surface area contributed by atoms with Gasteiger partial charge in [-0.3, -0.25) is 4.48 Å². The van der Waals surface area contributed by atoms with Crippen molar-refractivity contribution in [2.24, 2.45) is 0 Å². The fourth-order valence-electron chi connectivity index (χ4n) is 3.48. The molecule has 0 saturated carbocycles. The molecule has 126 valence electrons. The van der Waals surface area contributed by atoms with Crippen molar-refractivity contribution in [3.05, 3.63) is 120 Å². The lowest BCUT2D eigenvalue weighted by Gasteiger charge is -2.35. The van der Waals surface area contributed by atoms with Crippen LogP contribution in [0.1, 0.15) is 23.6 Å². The smallest absolute Gasteiger partial charge is 0.109 e. The van der Waals surface area contributed by atoms with E-state index in [9.17, 15) is 0 Å². The van der Waals surface area contributed by atoms with Gasteiger partial charge in [0.15, 0.2) is 0 Å². The van der Waals surface area contributed by atoms with E-state index < -0.39 is 0 Å². The molecular weight excluding hydrogens is 302 g/mol. The van der Waals surface area contributed by atoms with Crippen LogP contribution < -0.4 is 0 Å².